The molecule has 3 heteroatoms. The van der Waals surface area contributed by atoms with E-state index in [0.29, 0.717) is 0 Å². The molecule has 0 radical (unpaired) electrons. The molecule has 3 nitrogen and oxygen atoms in total. The van der Waals surface area contributed by atoms with Crippen molar-refractivity contribution in [1.29, 1.82) is 0 Å². The number of nitrogens with zero attached hydrogens (tertiary/aromatic N) is 1. The number of carbonyl (C=O) groups is 1. The molecule has 3 heterocycles. The van der Waals surface area contributed by atoms with Crippen LogP contribution in [0.15, 0.2) is 48.6 Å². The summed E-state index contributed by atoms with van der Waals surface area (Å²) in [5.41, 5.74) is 2.79. The van der Waals surface area contributed by atoms with E-state index in [9.17, 15) is 4.79 Å². The van der Waals surface area contributed by atoms with Crippen LogP contribution in [0.25, 0.3) is 0 Å². The van der Waals surface area contributed by atoms with Crippen LogP contribution < -0.4 is 4.90 Å². The molecule has 0 aliphatic carbocycles. The predicted octanol–water partition coefficient (Wildman–Crippen LogP) is 3.39. The van der Waals surface area contributed by atoms with E-state index in [2.05, 4.69) is 37.8 Å². The zero-order chi connectivity index (χ0) is 15.5. The minimum Gasteiger partial charge on any atom is -0.361 e. The molecule has 1 aromatic rings. The molecule has 0 unspecified atom stereocenters. The van der Waals surface area contributed by atoms with Crippen molar-refractivity contribution in [2.24, 2.45) is 5.92 Å². The van der Waals surface area contributed by atoms with Gasteiger partial charge in [0.2, 0.25) is 5.91 Å². The van der Waals surface area contributed by atoms with Gasteiger partial charge in [0.25, 0.3) is 0 Å². The van der Waals surface area contributed by atoms with Crippen molar-refractivity contribution in [2.45, 2.75) is 44.4 Å². The van der Waals surface area contributed by atoms with Crippen LogP contribution in [0.2, 0.25) is 0 Å². The third-order valence-corrected chi connectivity index (χ3v) is 5.16. The molecule has 4 atom stereocenters. The second-order valence-corrected chi connectivity index (χ2v) is 6.88. The van der Waals surface area contributed by atoms with Gasteiger partial charge in [-0.3, -0.25) is 4.79 Å². The highest BCUT2D eigenvalue weighted by Gasteiger charge is 2.65. The van der Waals surface area contributed by atoms with E-state index in [1.54, 1.807) is 0 Å². The first-order valence-electron chi connectivity index (χ1n) is 7.92. The Morgan fingerprint density at radius 3 is 2.77 bits per heavy atom. The van der Waals surface area contributed by atoms with Gasteiger partial charge in [-0.1, -0.05) is 35.4 Å². The van der Waals surface area contributed by atoms with Crippen LogP contribution in [0.3, 0.4) is 0 Å². The van der Waals surface area contributed by atoms with Crippen molar-refractivity contribution in [3.8, 4) is 0 Å². The number of aryl methyl sites for hydroxylation is 1. The average Bonchev–Trinajstić information content (AvgIpc) is 3.12. The fourth-order valence-electron chi connectivity index (χ4n) is 4.17. The maximum atomic E-state index is 13.0. The first kappa shape index (κ1) is 13.8. The molecule has 0 aromatic heterocycles. The quantitative estimate of drug-likeness (QED) is 0.800. The van der Waals surface area contributed by atoms with Crippen LogP contribution in [-0.2, 0) is 9.53 Å². The molecular formula is C19H21NO2. The lowest BCUT2D eigenvalue weighted by atomic mass is 9.80. The van der Waals surface area contributed by atoms with Crippen LogP contribution in [0.5, 0.6) is 0 Å². The number of ether oxygens (including phenoxy) is 1. The molecule has 114 valence electrons. The molecule has 0 N–H and O–H groups in total. The monoisotopic (exact) mass is 295 g/mol. The molecule has 2 saturated heterocycles. The summed E-state index contributed by atoms with van der Waals surface area (Å²) in [5, 5.41) is 0. The fourth-order valence-corrected chi connectivity index (χ4v) is 4.17. The molecule has 1 amide bonds. The summed E-state index contributed by atoms with van der Waals surface area (Å²) >= 11 is 0. The Hall–Kier alpha value is -1.87. The van der Waals surface area contributed by atoms with E-state index < -0.39 is 5.60 Å². The standard InChI is InChI=1S/C19H21NO2/c1-12(2)10-17-19-9-8-15(22-19)11-16(19)18(21)20(17)14-6-4-13(3)5-7-14/h4-9,15-17H,1,10-11H2,2-3H3/t15-,16+,17+,19+/m1/s1. The van der Waals surface area contributed by atoms with Crippen LogP contribution >= 0.6 is 0 Å². The Morgan fingerprint density at radius 2 is 2.14 bits per heavy atom. The zero-order valence-corrected chi connectivity index (χ0v) is 13.1. The van der Waals surface area contributed by atoms with Gasteiger partial charge in [-0.05, 0) is 38.8 Å². The van der Waals surface area contributed by atoms with Gasteiger partial charge in [-0.15, -0.1) is 6.58 Å². The van der Waals surface area contributed by atoms with Gasteiger partial charge in [0.1, 0.15) is 5.60 Å². The number of amides is 1. The number of rotatable bonds is 3. The van der Waals surface area contributed by atoms with Crippen molar-refractivity contribution in [3.05, 3.63) is 54.1 Å². The number of carbonyl (C=O) groups excluding carboxylic acids is 1. The minimum absolute atomic E-state index is 0.00829. The van der Waals surface area contributed by atoms with Gasteiger partial charge in [-0.25, -0.2) is 0 Å². The predicted molar refractivity (Wildman–Crippen MR) is 86.7 cm³/mol. The zero-order valence-electron chi connectivity index (χ0n) is 13.1. The first-order chi connectivity index (χ1) is 10.5. The van der Waals surface area contributed by atoms with E-state index in [1.165, 1.54) is 5.56 Å². The summed E-state index contributed by atoms with van der Waals surface area (Å²) in [6.07, 6.45) is 5.94. The maximum absolute atomic E-state index is 13.0. The lowest BCUT2D eigenvalue weighted by molar-refractivity contribution is -0.121. The number of fused-ring (bicyclic) bond motifs is 1. The van der Waals surface area contributed by atoms with E-state index in [4.69, 9.17) is 4.74 Å². The molecule has 2 bridgehead atoms. The largest absolute Gasteiger partial charge is 0.361 e. The van der Waals surface area contributed by atoms with Crippen LogP contribution in [0, 0.1) is 12.8 Å². The first-order valence-corrected chi connectivity index (χ1v) is 7.92. The highest BCUT2D eigenvalue weighted by molar-refractivity contribution is 6.01. The molecule has 1 aromatic carbocycles. The molecule has 22 heavy (non-hydrogen) atoms. The molecule has 0 saturated carbocycles. The van der Waals surface area contributed by atoms with E-state index in [-0.39, 0.29) is 24.0 Å². The second-order valence-electron chi connectivity index (χ2n) is 6.88. The third-order valence-electron chi connectivity index (χ3n) is 5.16. The average molecular weight is 295 g/mol. The molecule has 1 spiro atoms. The number of anilines is 1. The Bertz CT molecular complexity index is 675. The Kier molecular flexibility index (Phi) is 2.85. The molecule has 4 rings (SSSR count). The maximum Gasteiger partial charge on any atom is 0.233 e. The topological polar surface area (TPSA) is 29.5 Å². The number of benzene rings is 1. The summed E-state index contributed by atoms with van der Waals surface area (Å²) in [5.74, 6) is 0.148. The van der Waals surface area contributed by atoms with Crippen LogP contribution in [0.1, 0.15) is 25.3 Å². The Labute approximate surface area is 131 Å². The molecule has 3 aliphatic heterocycles. The smallest absolute Gasteiger partial charge is 0.233 e. The van der Waals surface area contributed by atoms with Crippen molar-refractivity contribution in [1.82, 2.24) is 0 Å². The molecular weight excluding hydrogens is 274 g/mol. The third kappa shape index (κ3) is 1.75. The summed E-state index contributed by atoms with van der Waals surface area (Å²) in [6, 6.07) is 8.19. The SMILES string of the molecule is C=C(C)C[C@@H]1N(c2ccc(C)cc2)C(=O)[C@@H]2C[C@H]3C=C[C@@]12O3. The summed E-state index contributed by atoms with van der Waals surface area (Å²) in [7, 11) is 0. The highest BCUT2D eigenvalue weighted by Crippen LogP contribution is 2.54. The Morgan fingerprint density at radius 1 is 1.41 bits per heavy atom. The van der Waals surface area contributed by atoms with Gasteiger partial charge in [0.05, 0.1) is 18.1 Å². The number of hydrogen-bond donors (Lipinski definition) is 0. The van der Waals surface area contributed by atoms with E-state index in [0.717, 1.165) is 24.1 Å². The van der Waals surface area contributed by atoms with Crippen molar-refractivity contribution in [2.75, 3.05) is 4.90 Å². The van der Waals surface area contributed by atoms with Crippen molar-refractivity contribution in [3.63, 3.8) is 0 Å². The molecule has 2 fully saturated rings. The lowest BCUT2D eigenvalue weighted by Crippen LogP contribution is -2.45. The fraction of sp³-hybridized carbons (Fsp3) is 0.421. The normalized spacial score (nSPS) is 35.3. The van der Waals surface area contributed by atoms with Gasteiger partial charge in [0, 0.05) is 5.69 Å². The van der Waals surface area contributed by atoms with E-state index in [1.807, 2.05) is 24.0 Å². The van der Waals surface area contributed by atoms with Crippen LogP contribution in [-0.4, -0.2) is 23.7 Å². The van der Waals surface area contributed by atoms with E-state index >= 15 is 0 Å². The lowest BCUT2D eigenvalue weighted by Gasteiger charge is -2.33. The number of hydrogen-bond acceptors (Lipinski definition) is 2. The molecule has 3 aliphatic rings. The van der Waals surface area contributed by atoms with Crippen molar-refractivity contribution < 1.29 is 9.53 Å². The van der Waals surface area contributed by atoms with Gasteiger partial charge >= 0.3 is 0 Å². The van der Waals surface area contributed by atoms with Gasteiger partial charge < -0.3 is 9.64 Å². The van der Waals surface area contributed by atoms with Crippen molar-refractivity contribution >= 4 is 11.6 Å². The van der Waals surface area contributed by atoms with Crippen LogP contribution in [0.4, 0.5) is 5.69 Å². The minimum atomic E-state index is -0.453. The second kappa shape index (κ2) is 4.56. The summed E-state index contributed by atoms with van der Waals surface area (Å²) < 4.78 is 6.23. The summed E-state index contributed by atoms with van der Waals surface area (Å²) in [4.78, 5) is 15.0. The van der Waals surface area contributed by atoms with Gasteiger partial charge in [-0.2, -0.15) is 0 Å². The Balaban J connectivity index is 1.79. The highest BCUT2D eigenvalue weighted by atomic mass is 16.5. The summed E-state index contributed by atoms with van der Waals surface area (Å²) in [6.45, 7) is 8.14. The van der Waals surface area contributed by atoms with Gasteiger partial charge in [0.15, 0.2) is 0 Å².